The average Bonchev–Trinajstić information content (AvgIpc) is 3.13. The van der Waals surface area contributed by atoms with Crippen molar-refractivity contribution in [3.63, 3.8) is 0 Å². The normalized spacial score (nSPS) is 30.7. The number of aromatic nitrogens is 3. The molecule has 2 bridgehead atoms. The van der Waals surface area contributed by atoms with Gasteiger partial charge in [0.25, 0.3) is 0 Å². The van der Waals surface area contributed by atoms with Gasteiger partial charge in [-0.2, -0.15) is 0 Å². The van der Waals surface area contributed by atoms with Crippen LogP contribution in [0.25, 0.3) is 27.4 Å². The number of alkyl halides is 1. The third-order valence-corrected chi connectivity index (χ3v) is 7.13. The van der Waals surface area contributed by atoms with Crippen LogP contribution in [0.2, 0.25) is 0 Å². The number of phenols is 1. The van der Waals surface area contributed by atoms with E-state index in [9.17, 15) is 5.11 Å². The molecule has 3 atom stereocenters. The highest BCUT2D eigenvalue weighted by molar-refractivity contribution is 7.15. The molecule has 4 heterocycles. The summed E-state index contributed by atoms with van der Waals surface area (Å²) in [6, 6.07) is 5.47. The molecule has 2 saturated heterocycles. The summed E-state index contributed by atoms with van der Waals surface area (Å²) in [5.41, 5.74) is 0.822. The van der Waals surface area contributed by atoms with Crippen molar-refractivity contribution in [1.29, 1.82) is 0 Å². The van der Waals surface area contributed by atoms with Crippen molar-refractivity contribution in [2.45, 2.75) is 56.8 Å². The number of aromatic hydroxyl groups is 1. The number of hydrogen-bond donors (Lipinski definition) is 2. The molecule has 29 heavy (non-hydrogen) atoms. The fraction of sp³-hybridized carbons (Fsp3) is 0.409. The van der Waals surface area contributed by atoms with Crippen LogP contribution in [0.5, 0.6) is 5.75 Å². The zero-order valence-electron chi connectivity index (χ0n) is 16.4. The third-order valence-electron chi connectivity index (χ3n) is 6.23. The topological polar surface area (TPSA) is 70.9 Å². The summed E-state index contributed by atoms with van der Waals surface area (Å²) < 4.78 is 15.3. The summed E-state index contributed by atoms with van der Waals surface area (Å²) in [5, 5.41) is 25.6. The molecule has 1 aromatic carbocycles. The first-order valence-electron chi connectivity index (χ1n) is 9.90. The number of hydrogen-bond acceptors (Lipinski definition) is 6. The smallest absolute Gasteiger partial charge is 0.151 e. The molecular weight excluding hydrogens is 387 g/mol. The van der Waals surface area contributed by atoms with Gasteiger partial charge in [-0.1, -0.05) is 11.3 Å². The summed E-state index contributed by atoms with van der Waals surface area (Å²) in [6.07, 6.45) is 7.86. The number of benzene rings is 1. The predicted molar refractivity (Wildman–Crippen MR) is 114 cm³/mol. The Morgan fingerprint density at radius 1 is 1.24 bits per heavy atom. The first-order valence-corrected chi connectivity index (χ1v) is 10.7. The first kappa shape index (κ1) is 18.6. The molecular formula is C22H23FN4OS. The zero-order valence-corrected chi connectivity index (χ0v) is 17.3. The van der Waals surface area contributed by atoms with Crippen molar-refractivity contribution >= 4 is 28.2 Å². The number of halogens is 1. The molecule has 0 saturated carbocycles. The Kier molecular flexibility index (Phi) is 4.22. The molecule has 0 radical (unpaired) electrons. The van der Waals surface area contributed by atoms with Crippen LogP contribution in [-0.4, -0.2) is 37.5 Å². The number of fused-ring (bicyclic) bond motifs is 3. The van der Waals surface area contributed by atoms with Crippen molar-refractivity contribution < 1.29 is 9.50 Å². The van der Waals surface area contributed by atoms with Crippen molar-refractivity contribution in [2.75, 3.05) is 0 Å². The van der Waals surface area contributed by atoms with Gasteiger partial charge < -0.3 is 10.4 Å². The molecule has 2 N–H and O–H groups in total. The monoisotopic (exact) mass is 410 g/mol. The van der Waals surface area contributed by atoms with Crippen LogP contribution < -0.4 is 5.32 Å². The molecule has 0 unspecified atom stereocenters. The number of rotatable bonds is 2. The van der Waals surface area contributed by atoms with Gasteiger partial charge in [-0.15, -0.1) is 10.2 Å². The highest BCUT2D eigenvalue weighted by Gasteiger charge is 2.50. The minimum Gasteiger partial charge on any atom is -0.507 e. The average molecular weight is 411 g/mol. The summed E-state index contributed by atoms with van der Waals surface area (Å²) in [4.78, 5) is 4.08. The predicted octanol–water partition coefficient (Wildman–Crippen LogP) is 4.88. The number of nitrogens with zero attached hydrogens (tertiary/aromatic N) is 3. The molecule has 2 aromatic heterocycles. The van der Waals surface area contributed by atoms with Crippen molar-refractivity contribution in [1.82, 2.24) is 20.5 Å². The van der Waals surface area contributed by atoms with Gasteiger partial charge in [0.15, 0.2) is 5.01 Å². The molecule has 150 valence electrons. The molecule has 3 aromatic rings. The van der Waals surface area contributed by atoms with Crippen LogP contribution in [0.4, 0.5) is 4.39 Å². The van der Waals surface area contributed by atoms with Crippen LogP contribution >= 0.6 is 11.3 Å². The standard InChI is InChI=1S/C22H23FN4OS/c1-21-5-3-6-22(2,27-21)19(23)14(11-21)10-18-25-26-20(29-18)16-8-13-4-7-24-12-15(13)9-17(16)28/h4,7-10,12,19,27-28H,3,5-6,11H2,1-2H3/b14-10+/t19-,21+,22-/m0/s1. The minimum absolute atomic E-state index is 0.0699. The lowest BCUT2D eigenvalue weighted by Gasteiger charge is -2.53. The van der Waals surface area contributed by atoms with Crippen LogP contribution in [0.3, 0.4) is 0 Å². The van der Waals surface area contributed by atoms with E-state index in [1.807, 2.05) is 25.1 Å². The molecule has 2 fully saturated rings. The molecule has 2 aliphatic heterocycles. The highest BCUT2D eigenvalue weighted by Crippen LogP contribution is 2.45. The third kappa shape index (κ3) is 3.22. The van der Waals surface area contributed by atoms with E-state index in [1.54, 1.807) is 18.5 Å². The number of phenolic OH excluding ortho intramolecular Hbond substituents is 1. The van der Waals surface area contributed by atoms with E-state index in [0.717, 1.165) is 35.6 Å². The second kappa shape index (κ2) is 6.57. The Labute approximate surface area is 172 Å². The zero-order chi connectivity index (χ0) is 20.2. The summed E-state index contributed by atoms with van der Waals surface area (Å²) >= 11 is 1.37. The summed E-state index contributed by atoms with van der Waals surface area (Å²) in [6.45, 7) is 4.16. The van der Waals surface area contributed by atoms with Crippen LogP contribution in [0, 0.1) is 0 Å². The van der Waals surface area contributed by atoms with Gasteiger partial charge in [0.05, 0.1) is 11.1 Å². The van der Waals surface area contributed by atoms with Crippen LogP contribution in [0.1, 0.15) is 44.5 Å². The van der Waals surface area contributed by atoms with Gasteiger partial charge >= 0.3 is 0 Å². The van der Waals surface area contributed by atoms with Crippen LogP contribution in [-0.2, 0) is 0 Å². The summed E-state index contributed by atoms with van der Waals surface area (Å²) in [7, 11) is 0. The highest BCUT2D eigenvalue weighted by atomic mass is 32.1. The van der Waals surface area contributed by atoms with Crippen molar-refractivity contribution in [3.05, 3.63) is 41.2 Å². The maximum absolute atomic E-state index is 15.3. The Morgan fingerprint density at radius 3 is 2.97 bits per heavy atom. The Balaban J connectivity index is 1.50. The molecule has 5 rings (SSSR count). The molecule has 2 aliphatic rings. The Morgan fingerprint density at radius 2 is 2.10 bits per heavy atom. The fourth-order valence-electron chi connectivity index (χ4n) is 4.91. The number of pyridine rings is 1. The molecule has 5 nitrogen and oxygen atoms in total. The van der Waals surface area contributed by atoms with E-state index in [1.165, 1.54) is 11.3 Å². The first-order chi connectivity index (χ1) is 13.9. The van der Waals surface area contributed by atoms with Gasteiger partial charge in [-0.05, 0) is 74.8 Å². The van der Waals surface area contributed by atoms with E-state index in [-0.39, 0.29) is 11.3 Å². The van der Waals surface area contributed by atoms with Gasteiger partial charge in [0.1, 0.15) is 16.9 Å². The van der Waals surface area contributed by atoms with Gasteiger partial charge in [0.2, 0.25) is 0 Å². The fourth-order valence-corrected chi connectivity index (χ4v) is 5.76. The lowest BCUT2D eigenvalue weighted by atomic mass is 9.68. The van der Waals surface area contributed by atoms with Gasteiger partial charge in [0, 0.05) is 23.3 Å². The van der Waals surface area contributed by atoms with Crippen molar-refractivity contribution in [3.8, 4) is 16.3 Å². The second-order valence-corrected chi connectivity index (χ2v) is 9.76. The molecule has 0 spiro atoms. The van der Waals surface area contributed by atoms with Crippen LogP contribution in [0.15, 0.2) is 36.2 Å². The Bertz CT molecular complexity index is 1130. The minimum atomic E-state index is -1.04. The van der Waals surface area contributed by atoms with E-state index in [4.69, 9.17) is 0 Å². The number of nitrogens with one attached hydrogen (secondary N) is 1. The lowest BCUT2D eigenvalue weighted by Crippen LogP contribution is -2.66. The van der Waals surface area contributed by atoms with E-state index in [0.29, 0.717) is 22.0 Å². The van der Waals surface area contributed by atoms with Gasteiger partial charge in [-0.3, -0.25) is 4.98 Å². The van der Waals surface area contributed by atoms with Crippen molar-refractivity contribution in [2.24, 2.45) is 0 Å². The maximum atomic E-state index is 15.3. The van der Waals surface area contributed by atoms with E-state index < -0.39 is 11.7 Å². The maximum Gasteiger partial charge on any atom is 0.151 e. The largest absolute Gasteiger partial charge is 0.507 e. The lowest BCUT2D eigenvalue weighted by molar-refractivity contribution is 0.0555. The van der Waals surface area contributed by atoms with E-state index >= 15 is 4.39 Å². The SMILES string of the molecule is C[C@]12CCC[C@](C)(N1)[C@@H](F)/C(=C/c1nnc(-c3cc4ccncc4cc3O)s1)C2. The quantitative estimate of drug-likeness (QED) is 0.630. The van der Waals surface area contributed by atoms with Gasteiger partial charge in [-0.25, -0.2) is 4.39 Å². The Hall–Kier alpha value is -2.38. The molecule has 0 amide bonds. The number of piperidine rings is 2. The molecule has 0 aliphatic carbocycles. The summed E-state index contributed by atoms with van der Waals surface area (Å²) in [5.74, 6) is 0.139. The molecule has 7 heteroatoms. The van der Waals surface area contributed by atoms with E-state index in [2.05, 4.69) is 27.4 Å². The second-order valence-electron chi connectivity index (χ2n) is 8.75.